The van der Waals surface area contributed by atoms with E-state index < -0.39 is 23.5 Å². The third kappa shape index (κ3) is 4.83. The Morgan fingerprint density at radius 2 is 1.84 bits per heavy atom. The van der Waals surface area contributed by atoms with Gasteiger partial charge in [0, 0.05) is 25.8 Å². The van der Waals surface area contributed by atoms with Gasteiger partial charge in [0.15, 0.2) is 0 Å². The number of hydrogen-bond donors (Lipinski definition) is 1. The quantitative estimate of drug-likeness (QED) is 0.285. The van der Waals surface area contributed by atoms with Crippen LogP contribution in [0.5, 0.6) is 5.75 Å². The largest absolute Gasteiger partial charge is 0.507 e. The number of nitrogens with zero attached hydrogens (tertiary/aromatic N) is 1. The van der Waals surface area contributed by atoms with Crippen molar-refractivity contribution in [2.75, 3.05) is 20.3 Å². The third-order valence-corrected chi connectivity index (χ3v) is 5.29. The van der Waals surface area contributed by atoms with Crippen molar-refractivity contribution in [1.29, 1.82) is 0 Å². The maximum absolute atomic E-state index is 13.7. The maximum atomic E-state index is 13.7. The van der Waals surface area contributed by atoms with Crippen molar-refractivity contribution < 1.29 is 28.6 Å². The number of halogens is 1. The first-order chi connectivity index (χ1) is 15.2. The number of carbonyl (C=O) groups is 2. The number of benzene rings is 2. The van der Waals surface area contributed by atoms with Crippen LogP contribution in [-0.2, 0) is 14.3 Å². The van der Waals surface area contributed by atoms with Crippen LogP contribution in [0, 0.1) is 12.7 Å². The van der Waals surface area contributed by atoms with Crippen LogP contribution < -0.4 is 4.74 Å². The molecule has 0 bridgehead atoms. The first-order valence-corrected chi connectivity index (χ1v) is 10.5. The van der Waals surface area contributed by atoms with Gasteiger partial charge >= 0.3 is 0 Å². The van der Waals surface area contributed by atoms with Gasteiger partial charge in [-0.2, -0.15) is 0 Å². The Labute approximate surface area is 187 Å². The van der Waals surface area contributed by atoms with Gasteiger partial charge in [0.2, 0.25) is 0 Å². The predicted octanol–water partition coefficient (Wildman–Crippen LogP) is 4.38. The van der Waals surface area contributed by atoms with Gasteiger partial charge in [0.05, 0.1) is 17.7 Å². The Morgan fingerprint density at radius 3 is 2.44 bits per heavy atom. The smallest absolute Gasteiger partial charge is 0.295 e. The van der Waals surface area contributed by atoms with Gasteiger partial charge < -0.3 is 19.5 Å². The zero-order chi connectivity index (χ0) is 23.4. The molecule has 3 rings (SSSR count). The molecular weight excluding hydrogens is 413 g/mol. The minimum atomic E-state index is -0.773. The molecule has 1 amide bonds. The van der Waals surface area contributed by atoms with Gasteiger partial charge in [-0.15, -0.1) is 0 Å². The summed E-state index contributed by atoms with van der Waals surface area (Å²) in [6.07, 6.45) is 0.534. The standard InChI is InChI=1S/C25H28FNO5/c1-15(2)32-19-9-6-17(7-10-19)22-21(23(28)18-8-11-20(26)16(3)14-18)24(29)25(30)27(22)12-5-13-31-4/h6-11,14-15,22,28H,5,12-13H2,1-4H3/b23-21-. The molecule has 32 heavy (non-hydrogen) atoms. The molecule has 1 atom stereocenters. The van der Waals surface area contributed by atoms with E-state index >= 15 is 0 Å². The monoisotopic (exact) mass is 441 g/mol. The molecule has 7 heteroatoms. The first-order valence-electron chi connectivity index (χ1n) is 10.5. The van der Waals surface area contributed by atoms with Crippen LogP contribution in [0.1, 0.15) is 43.0 Å². The molecule has 1 unspecified atom stereocenters. The molecule has 0 saturated carbocycles. The van der Waals surface area contributed by atoms with E-state index in [9.17, 15) is 19.1 Å². The molecule has 170 valence electrons. The summed E-state index contributed by atoms with van der Waals surface area (Å²) >= 11 is 0. The molecule has 0 aliphatic carbocycles. The lowest BCUT2D eigenvalue weighted by atomic mass is 9.94. The molecule has 0 aromatic heterocycles. The fourth-order valence-corrected chi connectivity index (χ4v) is 3.78. The number of Topliss-reactive ketones (excluding diaryl/α,β-unsaturated/α-hetero) is 1. The van der Waals surface area contributed by atoms with Crippen LogP contribution in [0.3, 0.4) is 0 Å². The average molecular weight is 441 g/mol. The van der Waals surface area contributed by atoms with Gasteiger partial charge in [-0.25, -0.2) is 4.39 Å². The zero-order valence-corrected chi connectivity index (χ0v) is 18.7. The average Bonchev–Trinajstić information content (AvgIpc) is 3.00. The number of carbonyl (C=O) groups excluding carboxylic acids is 2. The van der Waals surface area contributed by atoms with Gasteiger partial charge in [0.1, 0.15) is 17.3 Å². The van der Waals surface area contributed by atoms with E-state index in [4.69, 9.17) is 9.47 Å². The summed E-state index contributed by atoms with van der Waals surface area (Å²) < 4.78 is 24.5. The zero-order valence-electron chi connectivity index (χ0n) is 18.7. The highest BCUT2D eigenvalue weighted by molar-refractivity contribution is 6.46. The Morgan fingerprint density at radius 1 is 1.16 bits per heavy atom. The van der Waals surface area contributed by atoms with Gasteiger partial charge in [-0.1, -0.05) is 12.1 Å². The van der Waals surface area contributed by atoms with E-state index in [1.54, 1.807) is 38.3 Å². The normalized spacial score (nSPS) is 17.9. The fourth-order valence-electron chi connectivity index (χ4n) is 3.78. The summed E-state index contributed by atoms with van der Waals surface area (Å²) in [6.45, 7) is 6.12. The van der Waals surface area contributed by atoms with Crippen LogP contribution >= 0.6 is 0 Å². The van der Waals surface area contributed by atoms with Crippen molar-refractivity contribution in [3.05, 3.63) is 70.5 Å². The lowest BCUT2D eigenvalue weighted by Crippen LogP contribution is -2.31. The number of ketones is 1. The molecule has 2 aromatic rings. The Kier molecular flexibility index (Phi) is 7.30. The fraction of sp³-hybridized carbons (Fsp3) is 0.360. The number of ether oxygens (including phenoxy) is 2. The summed E-state index contributed by atoms with van der Waals surface area (Å²) in [7, 11) is 1.57. The summed E-state index contributed by atoms with van der Waals surface area (Å²) in [5.74, 6) is -1.54. The highest BCUT2D eigenvalue weighted by atomic mass is 19.1. The van der Waals surface area contributed by atoms with Gasteiger partial charge in [-0.3, -0.25) is 9.59 Å². The number of amides is 1. The maximum Gasteiger partial charge on any atom is 0.295 e. The van der Waals surface area contributed by atoms with Crippen LogP contribution in [0.15, 0.2) is 48.0 Å². The second kappa shape index (κ2) is 9.96. The number of rotatable bonds is 8. The topological polar surface area (TPSA) is 76.1 Å². The van der Waals surface area contributed by atoms with E-state index in [-0.39, 0.29) is 29.5 Å². The lowest BCUT2D eigenvalue weighted by Gasteiger charge is -2.25. The van der Waals surface area contributed by atoms with E-state index in [0.29, 0.717) is 29.9 Å². The molecule has 1 aliphatic heterocycles. The molecule has 1 aliphatic rings. The van der Waals surface area contributed by atoms with E-state index in [2.05, 4.69) is 0 Å². The molecule has 1 heterocycles. The molecule has 2 aromatic carbocycles. The summed E-state index contributed by atoms with van der Waals surface area (Å²) in [6, 6.07) is 10.4. The van der Waals surface area contributed by atoms with Crippen LogP contribution in [0.4, 0.5) is 4.39 Å². The number of aliphatic hydroxyl groups excluding tert-OH is 1. The molecule has 1 saturated heterocycles. The van der Waals surface area contributed by atoms with E-state index in [0.717, 1.165) is 0 Å². The molecular formula is C25H28FNO5. The van der Waals surface area contributed by atoms with Crippen molar-refractivity contribution in [3.8, 4) is 5.75 Å². The number of hydrogen-bond acceptors (Lipinski definition) is 5. The minimum Gasteiger partial charge on any atom is -0.507 e. The molecule has 0 spiro atoms. The molecule has 6 nitrogen and oxygen atoms in total. The highest BCUT2D eigenvalue weighted by Gasteiger charge is 2.45. The summed E-state index contributed by atoms with van der Waals surface area (Å²) in [5.41, 5.74) is 1.26. The van der Waals surface area contributed by atoms with Gasteiger partial charge in [-0.05, 0) is 68.7 Å². The third-order valence-electron chi connectivity index (χ3n) is 5.29. The first kappa shape index (κ1) is 23.5. The summed E-state index contributed by atoms with van der Waals surface area (Å²) in [4.78, 5) is 27.3. The SMILES string of the molecule is COCCCN1C(=O)C(=O)/C(=C(\O)c2ccc(F)c(C)c2)C1c1ccc(OC(C)C)cc1. The Hall–Kier alpha value is -3.19. The van der Waals surface area contributed by atoms with Crippen molar-refractivity contribution in [1.82, 2.24) is 4.90 Å². The van der Waals surface area contributed by atoms with Crippen molar-refractivity contribution in [2.45, 2.75) is 39.3 Å². The van der Waals surface area contributed by atoms with Crippen LogP contribution in [0.2, 0.25) is 0 Å². The van der Waals surface area contributed by atoms with E-state index in [1.807, 2.05) is 13.8 Å². The molecule has 0 radical (unpaired) electrons. The number of likely N-dealkylation sites (tertiary alicyclic amines) is 1. The van der Waals surface area contributed by atoms with Crippen molar-refractivity contribution in [3.63, 3.8) is 0 Å². The number of aryl methyl sites for hydroxylation is 1. The van der Waals surface area contributed by atoms with Crippen LogP contribution in [-0.4, -0.2) is 48.1 Å². The Balaban J connectivity index is 2.09. The van der Waals surface area contributed by atoms with Crippen molar-refractivity contribution in [2.24, 2.45) is 0 Å². The highest BCUT2D eigenvalue weighted by Crippen LogP contribution is 2.40. The second-order valence-electron chi connectivity index (χ2n) is 8.04. The number of aliphatic hydroxyl groups is 1. The van der Waals surface area contributed by atoms with E-state index in [1.165, 1.54) is 23.1 Å². The lowest BCUT2D eigenvalue weighted by molar-refractivity contribution is -0.140. The number of methoxy groups -OCH3 is 1. The Bertz CT molecular complexity index is 1030. The van der Waals surface area contributed by atoms with Gasteiger partial charge in [0.25, 0.3) is 11.7 Å². The minimum absolute atomic E-state index is 0.00208. The van der Waals surface area contributed by atoms with Crippen LogP contribution in [0.25, 0.3) is 5.76 Å². The molecule has 1 fully saturated rings. The predicted molar refractivity (Wildman–Crippen MR) is 119 cm³/mol. The second-order valence-corrected chi connectivity index (χ2v) is 8.04. The van der Waals surface area contributed by atoms with Crippen molar-refractivity contribution >= 4 is 17.4 Å². The summed E-state index contributed by atoms with van der Waals surface area (Å²) in [5, 5.41) is 11.0. The molecule has 1 N–H and O–H groups in total.